The summed E-state index contributed by atoms with van der Waals surface area (Å²) in [5, 5.41) is 1.14. The van der Waals surface area contributed by atoms with Crippen LogP contribution in [0.15, 0.2) is 261 Å². The lowest BCUT2D eigenvalue weighted by molar-refractivity contribution is 0.641. The van der Waals surface area contributed by atoms with E-state index in [9.17, 15) is 0 Å². The molecule has 0 aliphatic heterocycles. The quantitative estimate of drug-likeness (QED) is 0.134. The van der Waals surface area contributed by atoms with Crippen molar-refractivity contribution in [1.29, 1.82) is 0 Å². The summed E-state index contributed by atoms with van der Waals surface area (Å²) in [7, 11) is 0. The summed E-state index contributed by atoms with van der Waals surface area (Å²) in [6, 6.07) is 94.4. The Morgan fingerprint density at radius 2 is 0.582 bits per heavy atom. The van der Waals surface area contributed by atoms with Crippen molar-refractivity contribution in [2.24, 2.45) is 0 Å². The highest BCUT2D eigenvalue weighted by atomic mass is 14.7. The lowest BCUT2D eigenvalue weighted by Crippen LogP contribution is -2.18. The van der Waals surface area contributed by atoms with Crippen molar-refractivity contribution in [2.45, 2.75) is 19.3 Å². The third-order valence-corrected chi connectivity index (χ3v) is 13.4. The minimum Gasteiger partial charge on any atom is -0.248 e. The van der Waals surface area contributed by atoms with Crippen LogP contribution in [-0.4, -0.2) is 4.98 Å². The fraction of sp³-hybridized carbons (Fsp3) is 0.0455. The molecule has 318 valence electrons. The smallest absolute Gasteiger partial charge is 0.0716 e. The average molecular weight is 856 g/mol. The van der Waals surface area contributed by atoms with Crippen LogP contribution < -0.4 is 0 Å². The number of aromatic nitrogens is 1. The predicted octanol–water partition coefficient (Wildman–Crippen LogP) is 17.9. The molecule has 0 atom stereocenters. The Morgan fingerprint density at radius 1 is 0.254 bits per heavy atom. The maximum absolute atomic E-state index is 5.24. The Morgan fingerprint density at radius 3 is 1.07 bits per heavy atom. The normalized spacial score (nSPS) is 11.4. The lowest BCUT2D eigenvalue weighted by atomic mass is 9.78. The summed E-state index contributed by atoms with van der Waals surface area (Å²) >= 11 is 0. The Bertz CT molecular complexity index is 3500. The number of hydrogen-bond acceptors (Lipinski definition) is 1. The molecule has 67 heavy (non-hydrogen) atoms. The van der Waals surface area contributed by atoms with Crippen molar-refractivity contribution in [3.63, 3.8) is 0 Å². The summed E-state index contributed by atoms with van der Waals surface area (Å²) < 4.78 is 0. The summed E-state index contributed by atoms with van der Waals surface area (Å²) in [5.41, 5.74) is 22.2. The molecule has 1 heterocycles. The van der Waals surface area contributed by atoms with Gasteiger partial charge in [-0.2, -0.15) is 0 Å². The molecule has 0 spiro atoms. The molecule has 0 bridgehead atoms. The third-order valence-electron chi connectivity index (χ3n) is 13.4. The van der Waals surface area contributed by atoms with E-state index in [4.69, 9.17) is 4.98 Å². The van der Waals surface area contributed by atoms with Crippen LogP contribution in [0.5, 0.6) is 0 Å². The summed E-state index contributed by atoms with van der Waals surface area (Å²) in [6.07, 6.45) is 0. The molecule has 10 aromatic carbocycles. The van der Waals surface area contributed by atoms with E-state index in [-0.39, 0.29) is 5.41 Å². The van der Waals surface area contributed by atoms with E-state index in [1.807, 2.05) is 0 Å². The van der Waals surface area contributed by atoms with E-state index in [2.05, 4.69) is 275 Å². The first-order valence-corrected chi connectivity index (χ1v) is 23.2. The second-order valence-corrected chi connectivity index (χ2v) is 18.0. The highest BCUT2D eigenvalue weighted by Crippen LogP contribution is 2.38. The van der Waals surface area contributed by atoms with Crippen LogP contribution in [0.4, 0.5) is 0 Å². The van der Waals surface area contributed by atoms with Gasteiger partial charge in [0.05, 0.1) is 11.2 Å². The molecule has 1 aromatic heterocycles. The van der Waals surface area contributed by atoms with E-state index in [0.29, 0.717) is 0 Å². The predicted molar refractivity (Wildman–Crippen MR) is 284 cm³/mol. The van der Waals surface area contributed by atoms with Gasteiger partial charge in [-0.25, -0.2) is 4.98 Å². The molecule has 0 fully saturated rings. The van der Waals surface area contributed by atoms with E-state index >= 15 is 0 Å². The maximum Gasteiger partial charge on any atom is 0.0716 e. The molecule has 0 unspecified atom stereocenters. The van der Waals surface area contributed by atoms with Crippen LogP contribution >= 0.6 is 0 Å². The van der Waals surface area contributed by atoms with Crippen molar-refractivity contribution < 1.29 is 0 Å². The molecule has 0 saturated heterocycles. The number of pyridine rings is 1. The van der Waals surface area contributed by atoms with E-state index in [0.717, 1.165) is 27.7 Å². The highest BCUT2D eigenvalue weighted by Gasteiger charge is 2.23. The molecule has 11 rings (SSSR count). The molecule has 0 saturated carbocycles. The van der Waals surface area contributed by atoms with Gasteiger partial charge in [-0.1, -0.05) is 232 Å². The molecule has 0 radical (unpaired) electrons. The first kappa shape index (κ1) is 41.3. The monoisotopic (exact) mass is 855 g/mol. The van der Waals surface area contributed by atoms with E-state index in [1.54, 1.807) is 0 Å². The van der Waals surface area contributed by atoms with Crippen molar-refractivity contribution in [1.82, 2.24) is 4.98 Å². The van der Waals surface area contributed by atoms with Crippen LogP contribution in [0.2, 0.25) is 0 Å². The van der Waals surface area contributed by atoms with Crippen LogP contribution in [0.3, 0.4) is 0 Å². The number of benzene rings is 10. The van der Waals surface area contributed by atoms with Crippen LogP contribution in [0.1, 0.15) is 25.0 Å². The van der Waals surface area contributed by atoms with Crippen LogP contribution in [0, 0.1) is 0 Å². The molecule has 0 aliphatic rings. The second-order valence-electron chi connectivity index (χ2n) is 18.0. The minimum atomic E-state index is -0.0722. The third kappa shape index (κ3) is 8.52. The van der Waals surface area contributed by atoms with Gasteiger partial charge in [0, 0.05) is 16.4 Å². The van der Waals surface area contributed by atoms with Gasteiger partial charge in [0.15, 0.2) is 0 Å². The van der Waals surface area contributed by atoms with Crippen molar-refractivity contribution in [3.05, 3.63) is 272 Å². The Hall–Kier alpha value is -8.39. The molecule has 0 amide bonds. The van der Waals surface area contributed by atoms with Crippen molar-refractivity contribution in [3.8, 4) is 89.1 Å². The SMILES string of the molecule is CC(C)(c1ccccc1)c1ccc(-c2cccc(-c3cccc(-c4cccc(-c5ccc(-c6cccc(-c7cc(-c8ccccc8)c8cc(-c9ccccc9)ccc8n7)c6)cc5)c4)c3)c2)cc1. The molecule has 0 N–H and O–H groups in total. The van der Waals surface area contributed by atoms with E-state index in [1.165, 1.54) is 83.5 Å². The summed E-state index contributed by atoms with van der Waals surface area (Å²) in [6.45, 7) is 4.59. The van der Waals surface area contributed by atoms with Gasteiger partial charge in [-0.15, -0.1) is 0 Å². The topological polar surface area (TPSA) is 12.9 Å². The number of fused-ring (bicyclic) bond motifs is 1. The van der Waals surface area contributed by atoms with Gasteiger partial charge in [0.1, 0.15) is 0 Å². The first-order chi connectivity index (χ1) is 32.9. The zero-order valence-corrected chi connectivity index (χ0v) is 37.8. The first-order valence-electron chi connectivity index (χ1n) is 23.2. The standard InChI is InChI=1S/C66H49N/c1-66(2,60-28-10-5-11-29-60)61-37-34-49(35-38-61)52-21-13-24-55(41-52)57-26-14-25-56(42-57)54-23-12-20-51(40-54)47-30-32-48(33-31-47)53-22-15-27-59(43-53)65-45-62(50-18-8-4-9-19-50)63-44-58(36-39-64(63)67-65)46-16-6-3-7-17-46/h3-45H,1-2H3. The van der Waals surface area contributed by atoms with Gasteiger partial charge in [-0.05, 0) is 131 Å². The zero-order valence-electron chi connectivity index (χ0n) is 37.8. The molecule has 1 nitrogen and oxygen atoms in total. The zero-order chi connectivity index (χ0) is 45.2. The summed E-state index contributed by atoms with van der Waals surface area (Å²) in [4.78, 5) is 5.24. The van der Waals surface area contributed by atoms with Crippen LogP contribution in [-0.2, 0) is 5.41 Å². The molecular formula is C66H49N. The molecule has 0 aliphatic carbocycles. The number of rotatable bonds is 10. The summed E-state index contributed by atoms with van der Waals surface area (Å²) in [5.74, 6) is 0. The largest absolute Gasteiger partial charge is 0.248 e. The maximum atomic E-state index is 5.24. The number of nitrogens with zero attached hydrogens (tertiary/aromatic N) is 1. The average Bonchev–Trinajstić information content (AvgIpc) is 3.41. The number of hydrogen-bond donors (Lipinski definition) is 0. The Labute approximate surface area is 394 Å². The van der Waals surface area contributed by atoms with Crippen LogP contribution in [0.25, 0.3) is 100 Å². The second kappa shape index (κ2) is 17.9. The minimum absolute atomic E-state index is 0.0722. The van der Waals surface area contributed by atoms with Gasteiger partial charge in [-0.3, -0.25) is 0 Å². The highest BCUT2D eigenvalue weighted by molar-refractivity contribution is 5.99. The Kier molecular flexibility index (Phi) is 11.0. The Balaban J connectivity index is 0.838. The lowest BCUT2D eigenvalue weighted by Gasteiger charge is -2.26. The van der Waals surface area contributed by atoms with Gasteiger partial charge < -0.3 is 0 Å². The molecular weight excluding hydrogens is 807 g/mol. The van der Waals surface area contributed by atoms with Crippen molar-refractivity contribution in [2.75, 3.05) is 0 Å². The fourth-order valence-corrected chi connectivity index (χ4v) is 9.49. The van der Waals surface area contributed by atoms with Gasteiger partial charge >= 0.3 is 0 Å². The van der Waals surface area contributed by atoms with E-state index < -0.39 is 0 Å². The molecule has 1 heteroatoms. The van der Waals surface area contributed by atoms with Crippen molar-refractivity contribution >= 4 is 10.9 Å². The fourth-order valence-electron chi connectivity index (χ4n) is 9.49. The van der Waals surface area contributed by atoms with Gasteiger partial charge in [0.2, 0.25) is 0 Å². The molecule has 11 aromatic rings. The van der Waals surface area contributed by atoms with Gasteiger partial charge in [0.25, 0.3) is 0 Å².